The highest BCUT2D eigenvalue weighted by Crippen LogP contribution is 2.28. The van der Waals surface area contributed by atoms with Gasteiger partial charge < -0.3 is 9.47 Å². The van der Waals surface area contributed by atoms with Gasteiger partial charge >= 0.3 is 0 Å². The molecule has 2 aromatic carbocycles. The fraction of sp³-hybridized carbons (Fsp3) is 0.286. The second-order valence-electron chi connectivity index (χ2n) is 6.43. The summed E-state index contributed by atoms with van der Waals surface area (Å²) in [5, 5.41) is 2.40. The monoisotopic (exact) mass is 334 g/mol. The number of nitrogens with zero attached hydrogens (tertiary/aromatic N) is 2. The second-order valence-corrected chi connectivity index (χ2v) is 6.43. The molecule has 1 aromatic heterocycles. The van der Waals surface area contributed by atoms with Gasteiger partial charge in [-0.3, -0.25) is 9.88 Å². The lowest BCUT2D eigenvalue weighted by molar-refractivity contribution is -0.0328. The molecule has 1 fully saturated rings. The van der Waals surface area contributed by atoms with Crippen LogP contribution in [-0.4, -0.2) is 36.7 Å². The number of hydrogen-bond donors (Lipinski definition) is 0. The van der Waals surface area contributed by atoms with E-state index in [1.807, 2.05) is 24.5 Å². The first-order valence-corrected chi connectivity index (χ1v) is 8.62. The number of methoxy groups -OCH3 is 1. The fourth-order valence-corrected chi connectivity index (χ4v) is 3.37. The van der Waals surface area contributed by atoms with Crippen molar-refractivity contribution in [3.63, 3.8) is 0 Å². The van der Waals surface area contributed by atoms with Crippen LogP contribution in [0.4, 0.5) is 0 Å². The molecule has 0 bridgehead atoms. The van der Waals surface area contributed by atoms with Gasteiger partial charge in [0.1, 0.15) is 5.75 Å². The molecule has 3 aromatic rings. The zero-order valence-corrected chi connectivity index (χ0v) is 14.4. The van der Waals surface area contributed by atoms with E-state index in [0.29, 0.717) is 0 Å². The number of fused-ring (bicyclic) bond motifs is 1. The van der Waals surface area contributed by atoms with E-state index in [2.05, 4.69) is 46.3 Å². The molecule has 0 N–H and O–H groups in total. The molecular formula is C21H22N2O2. The van der Waals surface area contributed by atoms with Gasteiger partial charge in [-0.1, -0.05) is 24.3 Å². The molecule has 0 unspecified atom stereocenters. The van der Waals surface area contributed by atoms with Crippen molar-refractivity contribution in [3.8, 4) is 5.75 Å². The van der Waals surface area contributed by atoms with E-state index in [4.69, 9.17) is 9.47 Å². The molecule has 1 atom stereocenters. The van der Waals surface area contributed by atoms with Gasteiger partial charge in [0, 0.05) is 32.0 Å². The Morgan fingerprint density at radius 2 is 2.04 bits per heavy atom. The molecule has 0 radical (unpaired) electrons. The highest BCUT2D eigenvalue weighted by atomic mass is 16.5. The van der Waals surface area contributed by atoms with Crippen LogP contribution in [-0.2, 0) is 11.3 Å². The van der Waals surface area contributed by atoms with Crippen LogP contribution in [0.3, 0.4) is 0 Å². The number of pyridine rings is 1. The number of morpholine rings is 1. The average molecular weight is 334 g/mol. The molecule has 2 heterocycles. The Labute approximate surface area is 148 Å². The van der Waals surface area contributed by atoms with Crippen molar-refractivity contribution in [2.75, 3.05) is 26.8 Å². The Morgan fingerprint density at radius 1 is 1.16 bits per heavy atom. The van der Waals surface area contributed by atoms with Crippen LogP contribution in [0.2, 0.25) is 0 Å². The van der Waals surface area contributed by atoms with E-state index < -0.39 is 0 Å². The summed E-state index contributed by atoms with van der Waals surface area (Å²) in [5.41, 5.74) is 2.47. The Hall–Kier alpha value is -2.43. The van der Waals surface area contributed by atoms with Crippen LogP contribution in [0.25, 0.3) is 10.8 Å². The lowest BCUT2D eigenvalue weighted by Crippen LogP contribution is -2.37. The summed E-state index contributed by atoms with van der Waals surface area (Å²) in [5.74, 6) is 0.886. The van der Waals surface area contributed by atoms with Gasteiger partial charge in [0.05, 0.1) is 19.8 Å². The molecular weight excluding hydrogens is 312 g/mol. The molecule has 1 aliphatic rings. The van der Waals surface area contributed by atoms with Gasteiger partial charge in [-0.25, -0.2) is 0 Å². The van der Waals surface area contributed by atoms with Crippen molar-refractivity contribution >= 4 is 10.8 Å². The Bertz CT molecular complexity index is 851. The molecule has 0 aliphatic carbocycles. The number of rotatable bonds is 4. The predicted octanol–water partition coefficient (Wildman–Crippen LogP) is 3.82. The Balaban J connectivity index is 1.51. The van der Waals surface area contributed by atoms with E-state index >= 15 is 0 Å². The van der Waals surface area contributed by atoms with Crippen LogP contribution in [0.1, 0.15) is 17.2 Å². The molecule has 0 amide bonds. The van der Waals surface area contributed by atoms with Crippen LogP contribution in [0.5, 0.6) is 5.75 Å². The van der Waals surface area contributed by atoms with Crippen molar-refractivity contribution in [3.05, 3.63) is 72.1 Å². The molecule has 0 spiro atoms. The fourth-order valence-electron chi connectivity index (χ4n) is 3.37. The van der Waals surface area contributed by atoms with Gasteiger partial charge in [-0.05, 0) is 46.2 Å². The summed E-state index contributed by atoms with van der Waals surface area (Å²) in [4.78, 5) is 6.64. The van der Waals surface area contributed by atoms with Crippen molar-refractivity contribution in [1.82, 2.24) is 9.88 Å². The largest absolute Gasteiger partial charge is 0.497 e. The third-order valence-electron chi connectivity index (χ3n) is 4.72. The summed E-state index contributed by atoms with van der Waals surface area (Å²) in [7, 11) is 1.70. The summed E-state index contributed by atoms with van der Waals surface area (Å²) in [6.07, 6.45) is 3.86. The maximum Gasteiger partial charge on any atom is 0.119 e. The van der Waals surface area contributed by atoms with Gasteiger partial charge in [-0.2, -0.15) is 0 Å². The van der Waals surface area contributed by atoms with Crippen molar-refractivity contribution in [1.29, 1.82) is 0 Å². The minimum Gasteiger partial charge on any atom is -0.497 e. The van der Waals surface area contributed by atoms with Gasteiger partial charge in [0.2, 0.25) is 0 Å². The third kappa shape index (κ3) is 3.65. The highest BCUT2D eigenvalue weighted by Gasteiger charge is 2.22. The maximum absolute atomic E-state index is 6.04. The molecule has 0 saturated carbocycles. The molecule has 25 heavy (non-hydrogen) atoms. The second kappa shape index (κ2) is 7.21. The summed E-state index contributed by atoms with van der Waals surface area (Å²) in [6.45, 7) is 3.52. The third-order valence-corrected chi connectivity index (χ3v) is 4.72. The molecule has 1 saturated heterocycles. The van der Waals surface area contributed by atoms with E-state index in [1.54, 1.807) is 7.11 Å². The molecule has 4 nitrogen and oxygen atoms in total. The summed E-state index contributed by atoms with van der Waals surface area (Å²) in [6, 6.07) is 16.8. The normalized spacial score (nSPS) is 18.4. The van der Waals surface area contributed by atoms with Crippen LogP contribution in [0.15, 0.2) is 60.9 Å². The topological polar surface area (TPSA) is 34.6 Å². The number of aromatic nitrogens is 1. The zero-order valence-electron chi connectivity index (χ0n) is 14.4. The number of benzene rings is 2. The molecule has 128 valence electrons. The molecule has 1 aliphatic heterocycles. The summed E-state index contributed by atoms with van der Waals surface area (Å²) >= 11 is 0. The zero-order chi connectivity index (χ0) is 17.1. The maximum atomic E-state index is 6.04. The van der Waals surface area contributed by atoms with Crippen molar-refractivity contribution in [2.24, 2.45) is 0 Å². The average Bonchev–Trinajstić information content (AvgIpc) is 2.68. The molecule has 4 heteroatoms. The molecule has 4 rings (SSSR count). The summed E-state index contributed by atoms with van der Waals surface area (Å²) < 4.78 is 11.3. The lowest BCUT2D eigenvalue weighted by atomic mass is 10.0. The van der Waals surface area contributed by atoms with Gasteiger partial charge in [0.15, 0.2) is 0 Å². The van der Waals surface area contributed by atoms with E-state index in [-0.39, 0.29) is 6.10 Å². The number of hydrogen-bond acceptors (Lipinski definition) is 4. The van der Waals surface area contributed by atoms with Gasteiger partial charge in [-0.15, -0.1) is 0 Å². The van der Waals surface area contributed by atoms with Crippen molar-refractivity contribution < 1.29 is 9.47 Å². The minimum atomic E-state index is 0.108. The Kier molecular flexibility index (Phi) is 4.63. The van der Waals surface area contributed by atoms with Crippen LogP contribution < -0.4 is 4.74 Å². The van der Waals surface area contributed by atoms with Crippen LogP contribution in [0, 0.1) is 0 Å². The quantitative estimate of drug-likeness (QED) is 0.726. The minimum absolute atomic E-state index is 0.108. The predicted molar refractivity (Wildman–Crippen MR) is 98.7 cm³/mol. The number of ether oxygens (including phenoxy) is 2. The first-order valence-electron chi connectivity index (χ1n) is 8.62. The SMILES string of the molecule is COc1ccc2cc([C@H]3CN(Cc4cccnc4)CCO3)ccc2c1. The van der Waals surface area contributed by atoms with Crippen LogP contribution >= 0.6 is 0 Å². The first-order chi connectivity index (χ1) is 12.3. The smallest absolute Gasteiger partial charge is 0.119 e. The van der Waals surface area contributed by atoms with Gasteiger partial charge in [0.25, 0.3) is 0 Å². The highest BCUT2D eigenvalue weighted by molar-refractivity contribution is 5.84. The Morgan fingerprint density at radius 3 is 2.88 bits per heavy atom. The van der Waals surface area contributed by atoms with E-state index in [0.717, 1.165) is 32.0 Å². The van der Waals surface area contributed by atoms with E-state index in [9.17, 15) is 0 Å². The lowest BCUT2D eigenvalue weighted by Gasteiger charge is -2.33. The van der Waals surface area contributed by atoms with Crippen molar-refractivity contribution in [2.45, 2.75) is 12.6 Å². The first kappa shape index (κ1) is 16.1. The van der Waals surface area contributed by atoms with E-state index in [1.165, 1.54) is 21.9 Å². The standard InChI is InChI=1S/C21H22N2O2/c1-24-20-7-6-17-11-19(5-4-18(17)12-20)21-15-23(9-10-25-21)14-16-3-2-8-22-13-16/h2-8,11-13,21H,9-10,14-15H2,1H3/t21-/m1/s1.